The topological polar surface area (TPSA) is 65.1 Å². The molecular weight excluding hydrogens is 168 g/mol. The molecule has 0 aliphatic heterocycles. The Hall–Kier alpha value is -0.970. The number of guanidine groups is 1. The molecule has 0 aliphatic rings. The predicted molar refractivity (Wildman–Crippen MR) is 53.8 cm³/mol. The molecule has 3 N–H and O–H groups in total. The number of hydrogen-bond donors (Lipinski definition) is 2. The molecule has 0 radical (unpaired) electrons. The first-order valence-electron chi connectivity index (χ1n) is 4.49. The predicted octanol–water partition coefficient (Wildman–Crippen LogP) is -0.0361. The molecule has 0 bridgehead atoms. The van der Waals surface area contributed by atoms with Gasteiger partial charge in [-0.1, -0.05) is 5.16 Å². The zero-order valence-electron chi connectivity index (χ0n) is 8.69. The van der Waals surface area contributed by atoms with Crippen molar-refractivity contribution in [1.82, 2.24) is 9.80 Å². The first-order chi connectivity index (χ1) is 6.11. The summed E-state index contributed by atoms with van der Waals surface area (Å²) in [5, 5.41) is 11.4. The molecule has 0 heterocycles. The van der Waals surface area contributed by atoms with Gasteiger partial charge in [-0.15, -0.1) is 0 Å². The van der Waals surface area contributed by atoms with Gasteiger partial charge in [-0.2, -0.15) is 0 Å². The first kappa shape index (κ1) is 12.0. The second-order valence-corrected chi connectivity index (χ2v) is 3.19. The molecule has 0 saturated heterocycles. The third-order valence-electron chi connectivity index (χ3n) is 1.84. The normalized spacial score (nSPS) is 12.2. The van der Waals surface area contributed by atoms with Crippen molar-refractivity contribution in [3.05, 3.63) is 0 Å². The lowest BCUT2D eigenvalue weighted by molar-refractivity contribution is 0.294. The Morgan fingerprint density at radius 3 is 2.38 bits per heavy atom. The van der Waals surface area contributed by atoms with Crippen LogP contribution in [0.4, 0.5) is 0 Å². The number of oxime groups is 1. The molecule has 13 heavy (non-hydrogen) atoms. The maximum absolute atomic E-state index is 8.46. The van der Waals surface area contributed by atoms with Crippen molar-refractivity contribution in [1.29, 1.82) is 0 Å². The number of rotatable bonds is 5. The van der Waals surface area contributed by atoms with Crippen LogP contribution in [0.3, 0.4) is 0 Å². The third-order valence-corrected chi connectivity index (χ3v) is 1.84. The molecule has 0 aromatic heterocycles. The monoisotopic (exact) mass is 188 g/mol. The second-order valence-electron chi connectivity index (χ2n) is 3.19. The molecule has 0 spiro atoms. The Balaban J connectivity index is 3.73. The molecule has 0 atom stereocenters. The molecule has 5 nitrogen and oxygen atoms in total. The van der Waals surface area contributed by atoms with Crippen LogP contribution in [0.15, 0.2) is 5.16 Å². The average Bonchev–Trinajstić information content (AvgIpc) is 2.11. The second kappa shape index (κ2) is 6.54. The highest BCUT2D eigenvalue weighted by Gasteiger charge is 2.04. The molecule has 0 aliphatic carbocycles. The fourth-order valence-corrected chi connectivity index (χ4v) is 1.08. The lowest BCUT2D eigenvalue weighted by Crippen LogP contribution is -2.38. The van der Waals surface area contributed by atoms with Gasteiger partial charge in [0.1, 0.15) is 0 Å². The van der Waals surface area contributed by atoms with E-state index < -0.39 is 0 Å². The van der Waals surface area contributed by atoms with Crippen molar-refractivity contribution in [3.8, 4) is 0 Å². The van der Waals surface area contributed by atoms with Crippen LogP contribution in [0.1, 0.15) is 13.3 Å². The van der Waals surface area contributed by atoms with Crippen LogP contribution in [-0.4, -0.2) is 54.7 Å². The van der Waals surface area contributed by atoms with Gasteiger partial charge in [-0.25, -0.2) is 0 Å². The van der Waals surface area contributed by atoms with Gasteiger partial charge in [-0.05, 0) is 34.0 Å². The van der Waals surface area contributed by atoms with Gasteiger partial charge in [0.2, 0.25) is 5.96 Å². The highest BCUT2D eigenvalue weighted by atomic mass is 16.4. The molecule has 78 valence electrons. The van der Waals surface area contributed by atoms with Crippen molar-refractivity contribution in [2.75, 3.05) is 33.7 Å². The summed E-state index contributed by atoms with van der Waals surface area (Å²) in [7, 11) is 4.06. The lowest BCUT2D eigenvalue weighted by Gasteiger charge is -2.21. The Morgan fingerprint density at radius 2 is 2.00 bits per heavy atom. The molecule has 0 saturated carbocycles. The van der Waals surface area contributed by atoms with Crippen molar-refractivity contribution >= 4 is 5.96 Å². The van der Waals surface area contributed by atoms with Gasteiger partial charge in [0, 0.05) is 13.1 Å². The molecule has 0 fully saturated rings. The van der Waals surface area contributed by atoms with Crippen LogP contribution in [0.5, 0.6) is 0 Å². The first-order valence-corrected chi connectivity index (χ1v) is 4.49. The minimum Gasteiger partial charge on any atom is -0.408 e. The van der Waals surface area contributed by atoms with Crippen LogP contribution < -0.4 is 5.73 Å². The van der Waals surface area contributed by atoms with E-state index >= 15 is 0 Å². The lowest BCUT2D eigenvalue weighted by atomic mass is 10.3. The molecule has 0 amide bonds. The van der Waals surface area contributed by atoms with Gasteiger partial charge in [0.05, 0.1) is 0 Å². The summed E-state index contributed by atoms with van der Waals surface area (Å²) in [6, 6.07) is 0. The summed E-state index contributed by atoms with van der Waals surface area (Å²) in [5.74, 6) is 0.196. The fourth-order valence-electron chi connectivity index (χ4n) is 1.08. The third kappa shape index (κ3) is 5.30. The summed E-state index contributed by atoms with van der Waals surface area (Å²) in [5.41, 5.74) is 5.46. The van der Waals surface area contributed by atoms with Crippen molar-refractivity contribution in [2.24, 2.45) is 10.9 Å². The quantitative estimate of drug-likeness (QED) is 0.275. The maximum atomic E-state index is 8.46. The van der Waals surface area contributed by atoms with E-state index in [2.05, 4.69) is 10.1 Å². The van der Waals surface area contributed by atoms with E-state index in [0.717, 1.165) is 26.1 Å². The minimum atomic E-state index is 0.196. The highest BCUT2D eigenvalue weighted by molar-refractivity contribution is 5.77. The Kier molecular flexibility index (Phi) is 6.05. The summed E-state index contributed by atoms with van der Waals surface area (Å²) in [6.07, 6.45) is 1.01. The van der Waals surface area contributed by atoms with E-state index in [1.165, 1.54) is 0 Å². The van der Waals surface area contributed by atoms with Crippen molar-refractivity contribution in [2.45, 2.75) is 13.3 Å². The van der Waals surface area contributed by atoms with Gasteiger partial charge < -0.3 is 20.7 Å². The SMILES string of the molecule is CCN(CCCN(C)C)C(N)=NO. The minimum absolute atomic E-state index is 0.196. The zero-order chi connectivity index (χ0) is 10.3. The molecular formula is C8H20N4O. The van der Waals surface area contributed by atoms with Gasteiger partial charge >= 0.3 is 0 Å². The fraction of sp³-hybridized carbons (Fsp3) is 0.875. The number of nitrogens with zero attached hydrogens (tertiary/aromatic N) is 3. The van der Waals surface area contributed by atoms with Crippen LogP contribution in [0.2, 0.25) is 0 Å². The van der Waals surface area contributed by atoms with Crippen LogP contribution in [0.25, 0.3) is 0 Å². The Labute approximate surface area is 79.8 Å². The standard InChI is InChI=1S/C8H20N4O/c1-4-12(8(9)10-13)7-5-6-11(2)3/h13H,4-7H2,1-3H3,(H2,9,10). The molecule has 0 aromatic rings. The van der Waals surface area contributed by atoms with E-state index in [4.69, 9.17) is 10.9 Å². The highest BCUT2D eigenvalue weighted by Crippen LogP contribution is 1.92. The molecule has 0 rings (SSSR count). The average molecular weight is 188 g/mol. The van der Waals surface area contributed by atoms with Crippen LogP contribution in [0, 0.1) is 0 Å². The van der Waals surface area contributed by atoms with E-state index in [-0.39, 0.29) is 5.96 Å². The maximum Gasteiger partial charge on any atom is 0.233 e. The molecule has 0 unspecified atom stereocenters. The summed E-state index contributed by atoms with van der Waals surface area (Å²) < 4.78 is 0. The summed E-state index contributed by atoms with van der Waals surface area (Å²) in [4.78, 5) is 3.95. The Morgan fingerprint density at radius 1 is 1.38 bits per heavy atom. The molecule has 5 heteroatoms. The smallest absolute Gasteiger partial charge is 0.233 e. The van der Waals surface area contributed by atoms with E-state index in [1.54, 1.807) is 0 Å². The van der Waals surface area contributed by atoms with Gasteiger partial charge in [-0.3, -0.25) is 0 Å². The summed E-state index contributed by atoms with van der Waals surface area (Å²) in [6.45, 7) is 4.58. The number of hydrogen-bond acceptors (Lipinski definition) is 3. The van der Waals surface area contributed by atoms with E-state index in [1.807, 2.05) is 25.9 Å². The van der Waals surface area contributed by atoms with Crippen molar-refractivity contribution in [3.63, 3.8) is 0 Å². The molecule has 0 aromatic carbocycles. The largest absolute Gasteiger partial charge is 0.408 e. The van der Waals surface area contributed by atoms with Crippen molar-refractivity contribution < 1.29 is 5.21 Å². The van der Waals surface area contributed by atoms with E-state index in [9.17, 15) is 0 Å². The zero-order valence-corrected chi connectivity index (χ0v) is 8.69. The van der Waals surface area contributed by atoms with Crippen LogP contribution in [-0.2, 0) is 0 Å². The number of nitrogens with two attached hydrogens (primary N) is 1. The van der Waals surface area contributed by atoms with E-state index in [0.29, 0.717) is 0 Å². The van der Waals surface area contributed by atoms with Crippen LogP contribution >= 0.6 is 0 Å². The van der Waals surface area contributed by atoms with Gasteiger partial charge in [0.25, 0.3) is 0 Å². The Bertz CT molecular complexity index is 158. The summed E-state index contributed by atoms with van der Waals surface area (Å²) >= 11 is 0. The van der Waals surface area contributed by atoms with Gasteiger partial charge in [0.15, 0.2) is 0 Å².